The standard InChI is InChI=1S/C11H13NO2/c13-11(9-4-6-14-8-9)7-10-3-1-2-5-12-10/h1-3,5,9H,4,6-8H2. The molecule has 0 aromatic carbocycles. The van der Waals surface area contributed by atoms with Crippen LogP contribution in [0.4, 0.5) is 0 Å². The van der Waals surface area contributed by atoms with E-state index in [0.29, 0.717) is 13.0 Å². The summed E-state index contributed by atoms with van der Waals surface area (Å²) in [6, 6.07) is 5.64. The number of carbonyl (C=O) groups excluding carboxylic acids is 1. The van der Waals surface area contributed by atoms with Gasteiger partial charge in [0, 0.05) is 30.8 Å². The van der Waals surface area contributed by atoms with Crippen molar-refractivity contribution >= 4 is 5.78 Å². The number of ketones is 1. The third-order valence-corrected chi connectivity index (χ3v) is 2.47. The van der Waals surface area contributed by atoms with E-state index in [1.165, 1.54) is 0 Å². The predicted molar refractivity (Wildman–Crippen MR) is 51.9 cm³/mol. The van der Waals surface area contributed by atoms with Crippen molar-refractivity contribution in [3.8, 4) is 0 Å². The monoisotopic (exact) mass is 191 g/mol. The number of rotatable bonds is 3. The van der Waals surface area contributed by atoms with E-state index in [-0.39, 0.29) is 11.7 Å². The first-order chi connectivity index (χ1) is 6.86. The van der Waals surface area contributed by atoms with Gasteiger partial charge in [0.05, 0.1) is 6.61 Å². The van der Waals surface area contributed by atoms with Gasteiger partial charge in [-0.15, -0.1) is 0 Å². The van der Waals surface area contributed by atoms with Gasteiger partial charge in [0.2, 0.25) is 0 Å². The average molecular weight is 191 g/mol. The molecule has 3 nitrogen and oxygen atoms in total. The van der Waals surface area contributed by atoms with E-state index in [1.807, 2.05) is 18.2 Å². The predicted octanol–water partition coefficient (Wildman–Crippen LogP) is 1.23. The summed E-state index contributed by atoms with van der Waals surface area (Å²) < 4.78 is 5.17. The minimum Gasteiger partial charge on any atom is -0.381 e. The molecule has 3 heteroatoms. The largest absolute Gasteiger partial charge is 0.381 e. The van der Waals surface area contributed by atoms with Gasteiger partial charge in [0.25, 0.3) is 0 Å². The van der Waals surface area contributed by atoms with Crippen LogP contribution in [0.5, 0.6) is 0 Å². The molecule has 1 unspecified atom stereocenters. The molecule has 0 N–H and O–H groups in total. The highest BCUT2D eigenvalue weighted by Gasteiger charge is 2.23. The molecule has 1 aliphatic rings. The van der Waals surface area contributed by atoms with Crippen LogP contribution in [-0.4, -0.2) is 24.0 Å². The van der Waals surface area contributed by atoms with Gasteiger partial charge in [-0.05, 0) is 18.6 Å². The smallest absolute Gasteiger partial charge is 0.144 e. The third-order valence-electron chi connectivity index (χ3n) is 2.47. The van der Waals surface area contributed by atoms with Crippen molar-refractivity contribution in [3.63, 3.8) is 0 Å². The van der Waals surface area contributed by atoms with Crippen molar-refractivity contribution in [3.05, 3.63) is 30.1 Å². The van der Waals surface area contributed by atoms with Crippen LogP contribution in [-0.2, 0) is 16.0 Å². The van der Waals surface area contributed by atoms with Crippen molar-refractivity contribution in [1.29, 1.82) is 0 Å². The van der Waals surface area contributed by atoms with E-state index in [9.17, 15) is 4.79 Å². The summed E-state index contributed by atoms with van der Waals surface area (Å²) in [5, 5.41) is 0. The fourth-order valence-corrected chi connectivity index (χ4v) is 1.61. The Labute approximate surface area is 83.1 Å². The SMILES string of the molecule is O=C(Cc1ccccn1)C1CCOC1. The summed E-state index contributed by atoms with van der Waals surface area (Å²) in [5.41, 5.74) is 0.851. The van der Waals surface area contributed by atoms with Crippen LogP contribution in [0, 0.1) is 5.92 Å². The number of carbonyl (C=O) groups is 1. The number of aromatic nitrogens is 1. The van der Waals surface area contributed by atoms with E-state index in [0.717, 1.165) is 18.7 Å². The van der Waals surface area contributed by atoms with Crippen LogP contribution < -0.4 is 0 Å². The third kappa shape index (κ3) is 2.17. The Kier molecular flexibility index (Phi) is 2.89. The van der Waals surface area contributed by atoms with Crippen molar-refractivity contribution in [2.45, 2.75) is 12.8 Å². The Bertz CT molecular complexity index is 304. The maximum atomic E-state index is 11.7. The lowest BCUT2D eigenvalue weighted by Gasteiger charge is -2.05. The lowest BCUT2D eigenvalue weighted by molar-refractivity contribution is -0.122. The number of nitrogens with zero attached hydrogens (tertiary/aromatic N) is 1. The van der Waals surface area contributed by atoms with Gasteiger partial charge in [-0.1, -0.05) is 6.07 Å². The number of hydrogen-bond donors (Lipinski definition) is 0. The summed E-state index contributed by atoms with van der Waals surface area (Å²) in [5.74, 6) is 0.346. The fourth-order valence-electron chi connectivity index (χ4n) is 1.61. The van der Waals surface area contributed by atoms with Crippen LogP contribution in [0.1, 0.15) is 12.1 Å². The van der Waals surface area contributed by atoms with Crippen molar-refractivity contribution < 1.29 is 9.53 Å². The molecule has 14 heavy (non-hydrogen) atoms. The zero-order valence-electron chi connectivity index (χ0n) is 7.98. The Morgan fingerprint density at radius 1 is 1.57 bits per heavy atom. The summed E-state index contributed by atoms with van der Waals surface area (Å²) >= 11 is 0. The maximum absolute atomic E-state index is 11.7. The lowest BCUT2D eigenvalue weighted by atomic mass is 10.00. The first kappa shape index (κ1) is 9.34. The van der Waals surface area contributed by atoms with Crippen LogP contribution in [0.3, 0.4) is 0 Å². The summed E-state index contributed by atoms with van der Waals surface area (Å²) in [6.07, 6.45) is 3.02. The number of pyridine rings is 1. The van der Waals surface area contributed by atoms with Gasteiger partial charge >= 0.3 is 0 Å². The Balaban J connectivity index is 1.94. The zero-order valence-corrected chi connectivity index (χ0v) is 7.98. The molecule has 1 aromatic heterocycles. The first-order valence-corrected chi connectivity index (χ1v) is 4.86. The molecule has 0 amide bonds. The molecule has 1 aromatic rings. The Hall–Kier alpha value is -1.22. The van der Waals surface area contributed by atoms with Crippen LogP contribution in [0.2, 0.25) is 0 Å². The van der Waals surface area contributed by atoms with E-state index >= 15 is 0 Å². The fraction of sp³-hybridized carbons (Fsp3) is 0.455. The molecule has 0 spiro atoms. The van der Waals surface area contributed by atoms with Gasteiger partial charge in [-0.2, -0.15) is 0 Å². The molecule has 0 saturated carbocycles. The second-order valence-corrected chi connectivity index (χ2v) is 3.52. The van der Waals surface area contributed by atoms with Crippen molar-refractivity contribution in [2.75, 3.05) is 13.2 Å². The normalized spacial score (nSPS) is 21.0. The molecular formula is C11H13NO2. The van der Waals surface area contributed by atoms with Gasteiger partial charge in [0.15, 0.2) is 0 Å². The second-order valence-electron chi connectivity index (χ2n) is 3.52. The summed E-state index contributed by atoms with van der Waals surface area (Å²) in [7, 11) is 0. The average Bonchev–Trinajstić information content (AvgIpc) is 2.72. The molecular weight excluding hydrogens is 178 g/mol. The molecule has 1 atom stereocenters. The molecule has 1 fully saturated rings. The Morgan fingerprint density at radius 2 is 2.50 bits per heavy atom. The van der Waals surface area contributed by atoms with E-state index in [2.05, 4.69) is 4.98 Å². The van der Waals surface area contributed by atoms with Gasteiger partial charge < -0.3 is 4.74 Å². The number of Topliss-reactive ketones (excluding diaryl/α,β-unsaturated/α-hetero) is 1. The van der Waals surface area contributed by atoms with Crippen LogP contribution in [0.15, 0.2) is 24.4 Å². The van der Waals surface area contributed by atoms with Crippen molar-refractivity contribution in [1.82, 2.24) is 4.98 Å². The molecule has 74 valence electrons. The summed E-state index contributed by atoms with van der Waals surface area (Å²) in [4.78, 5) is 15.8. The molecule has 0 bridgehead atoms. The highest BCUT2D eigenvalue weighted by molar-refractivity contribution is 5.83. The highest BCUT2D eigenvalue weighted by Crippen LogP contribution is 2.15. The van der Waals surface area contributed by atoms with E-state index < -0.39 is 0 Å². The summed E-state index contributed by atoms with van der Waals surface area (Å²) in [6.45, 7) is 1.31. The first-order valence-electron chi connectivity index (χ1n) is 4.86. The molecule has 1 aliphatic heterocycles. The highest BCUT2D eigenvalue weighted by atomic mass is 16.5. The second kappa shape index (κ2) is 4.33. The quantitative estimate of drug-likeness (QED) is 0.721. The van der Waals surface area contributed by atoms with Gasteiger partial charge in [0.1, 0.15) is 5.78 Å². The van der Waals surface area contributed by atoms with Crippen LogP contribution in [0.25, 0.3) is 0 Å². The zero-order chi connectivity index (χ0) is 9.80. The van der Waals surface area contributed by atoms with Crippen molar-refractivity contribution in [2.24, 2.45) is 5.92 Å². The minimum atomic E-state index is 0.0945. The van der Waals surface area contributed by atoms with Gasteiger partial charge in [-0.3, -0.25) is 9.78 Å². The maximum Gasteiger partial charge on any atom is 0.144 e. The molecule has 0 radical (unpaired) electrons. The number of ether oxygens (including phenoxy) is 1. The van der Waals surface area contributed by atoms with Gasteiger partial charge in [-0.25, -0.2) is 0 Å². The minimum absolute atomic E-state index is 0.0945. The lowest BCUT2D eigenvalue weighted by Crippen LogP contribution is -2.17. The number of hydrogen-bond acceptors (Lipinski definition) is 3. The molecule has 1 saturated heterocycles. The molecule has 2 rings (SSSR count). The Morgan fingerprint density at radius 3 is 3.14 bits per heavy atom. The molecule has 2 heterocycles. The molecule has 0 aliphatic carbocycles. The van der Waals surface area contributed by atoms with E-state index in [4.69, 9.17) is 4.74 Å². The van der Waals surface area contributed by atoms with E-state index in [1.54, 1.807) is 6.20 Å². The van der Waals surface area contributed by atoms with Crippen LogP contribution >= 0.6 is 0 Å². The topological polar surface area (TPSA) is 39.2 Å².